The molecule has 3 N–H and O–H groups in total. The zero-order valence-corrected chi connectivity index (χ0v) is 9.20. The van der Waals surface area contributed by atoms with E-state index in [0.717, 1.165) is 0 Å². The summed E-state index contributed by atoms with van der Waals surface area (Å²) in [5, 5.41) is 2.73. The predicted molar refractivity (Wildman–Crippen MR) is 56.6 cm³/mol. The van der Waals surface area contributed by atoms with Crippen molar-refractivity contribution in [1.29, 1.82) is 0 Å². The van der Waals surface area contributed by atoms with Crippen molar-refractivity contribution in [2.45, 2.75) is 18.4 Å². The lowest BCUT2D eigenvalue weighted by Gasteiger charge is -2.29. The minimum absolute atomic E-state index is 0.0101. The second kappa shape index (κ2) is 4.39. The van der Waals surface area contributed by atoms with E-state index in [-0.39, 0.29) is 18.4 Å². The quantitative estimate of drug-likeness (QED) is 0.568. The van der Waals surface area contributed by atoms with Crippen LogP contribution < -0.4 is 11.1 Å². The van der Waals surface area contributed by atoms with Gasteiger partial charge in [-0.2, -0.15) is 0 Å². The lowest BCUT2D eigenvalue weighted by Crippen LogP contribution is -2.56. The van der Waals surface area contributed by atoms with Gasteiger partial charge in [0, 0.05) is 32.7 Å². The van der Waals surface area contributed by atoms with Crippen molar-refractivity contribution in [1.82, 2.24) is 10.2 Å². The van der Waals surface area contributed by atoms with E-state index < -0.39 is 5.54 Å². The summed E-state index contributed by atoms with van der Waals surface area (Å²) in [6, 6.07) is 0. The van der Waals surface area contributed by atoms with E-state index >= 15 is 0 Å². The van der Waals surface area contributed by atoms with E-state index in [2.05, 4.69) is 5.32 Å². The molecule has 6 nitrogen and oxygen atoms in total. The lowest BCUT2D eigenvalue weighted by molar-refractivity contribution is -0.136. The largest absolute Gasteiger partial charge is 0.379 e. The van der Waals surface area contributed by atoms with Crippen molar-refractivity contribution >= 4 is 11.8 Å². The fourth-order valence-corrected chi connectivity index (χ4v) is 2.03. The average molecular weight is 227 g/mol. The number of nitrogens with two attached hydrogens (primary N) is 1. The van der Waals surface area contributed by atoms with Gasteiger partial charge in [-0.05, 0) is 6.42 Å². The first-order chi connectivity index (χ1) is 7.62. The predicted octanol–water partition coefficient (Wildman–Crippen LogP) is -1.55. The number of nitrogens with zero attached hydrogens (tertiary/aromatic N) is 1. The van der Waals surface area contributed by atoms with Crippen LogP contribution in [0, 0.1) is 0 Å². The van der Waals surface area contributed by atoms with Crippen LogP contribution in [-0.2, 0) is 14.3 Å². The van der Waals surface area contributed by atoms with Crippen LogP contribution in [-0.4, -0.2) is 55.1 Å². The maximum atomic E-state index is 12.2. The fraction of sp³-hybridized carbons (Fsp3) is 0.800. The maximum absolute atomic E-state index is 12.2. The van der Waals surface area contributed by atoms with Crippen LogP contribution in [0.15, 0.2) is 0 Å². The molecule has 2 saturated heterocycles. The summed E-state index contributed by atoms with van der Waals surface area (Å²) < 4.78 is 5.17. The highest BCUT2D eigenvalue weighted by Gasteiger charge is 2.41. The molecule has 2 aliphatic heterocycles. The van der Waals surface area contributed by atoms with Gasteiger partial charge in [0.15, 0.2) is 0 Å². The Kier molecular flexibility index (Phi) is 3.11. The Morgan fingerprint density at radius 1 is 1.50 bits per heavy atom. The van der Waals surface area contributed by atoms with Gasteiger partial charge in [-0.15, -0.1) is 0 Å². The number of hydrogen-bond donors (Lipinski definition) is 2. The molecule has 1 unspecified atom stereocenters. The van der Waals surface area contributed by atoms with Crippen LogP contribution in [0.3, 0.4) is 0 Å². The van der Waals surface area contributed by atoms with Crippen molar-refractivity contribution in [3.63, 3.8) is 0 Å². The summed E-state index contributed by atoms with van der Waals surface area (Å²) in [6.07, 6.45) is 0.909. The molecule has 2 heterocycles. The second-order valence-electron chi connectivity index (χ2n) is 4.35. The number of rotatable bonds is 1. The van der Waals surface area contributed by atoms with Crippen LogP contribution in [0.5, 0.6) is 0 Å². The number of hydrogen-bond acceptors (Lipinski definition) is 4. The highest BCUT2D eigenvalue weighted by Crippen LogP contribution is 2.18. The van der Waals surface area contributed by atoms with E-state index in [0.29, 0.717) is 39.1 Å². The average Bonchev–Trinajstić information content (AvgIpc) is 2.59. The van der Waals surface area contributed by atoms with Crippen molar-refractivity contribution in [2.24, 2.45) is 5.73 Å². The minimum atomic E-state index is -0.882. The van der Waals surface area contributed by atoms with Gasteiger partial charge >= 0.3 is 0 Å². The SMILES string of the molecule is NC1(C(=O)N2CCNC(=O)CC2)CCOC1. The van der Waals surface area contributed by atoms with Gasteiger partial charge < -0.3 is 20.7 Å². The zero-order chi connectivity index (χ0) is 11.6. The molecule has 2 aliphatic rings. The summed E-state index contributed by atoms with van der Waals surface area (Å²) >= 11 is 0. The van der Waals surface area contributed by atoms with Crippen LogP contribution in [0.1, 0.15) is 12.8 Å². The molecule has 2 fully saturated rings. The molecule has 2 rings (SSSR count). The normalized spacial score (nSPS) is 31.1. The first kappa shape index (κ1) is 11.3. The molecule has 2 amide bonds. The van der Waals surface area contributed by atoms with Gasteiger partial charge in [-0.3, -0.25) is 9.59 Å². The third-order valence-corrected chi connectivity index (χ3v) is 3.08. The van der Waals surface area contributed by atoms with Crippen molar-refractivity contribution in [2.75, 3.05) is 32.8 Å². The third kappa shape index (κ3) is 2.17. The topological polar surface area (TPSA) is 84.7 Å². The van der Waals surface area contributed by atoms with E-state index in [1.54, 1.807) is 4.90 Å². The Balaban J connectivity index is 2.00. The van der Waals surface area contributed by atoms with Gasteiger partial charge in [0.25, 0.3) is 0 Å². The van der Waals surface area contributed by atoms with E-state index in [4.69, 9.17) is 10.5 Å². The van der Waals surface area contributed by atoms with Crippen LogP contribution >= 0.6 is 0 Å². The molecule has 0 aromatic carbocycles. The van der Waals surface area contributed by atoms with Gasteiger partial charge in [0.05, 0.1) is 6.61 Å². The standard InChI is InChI=1S/C10H17N3O3/c11-10(2-6-16-7-10)9(15)13-4-1-8(14)12-3-5-13/h1-7,11H2,(H,12,14). The highest BCUT2D eigenvalue weighted by molar-refractivity contribution is 5.87. The van der Waals surface area contributed by atoms with E-state index in [9.17, 15) is 9.59 Å². The summed E-state index contributed by atoms with van der Waals surface area (Å²) in [5.74, 6) is -0.106. The molecule has 1 atom stereocenters. The summed E-state index contributed by atoms with van der Waals surface area (Å²) in [6.45, 7) is 2.30. The Morgan fingerprint density at radius 2 is 2.31 bits per heavy atom. The first-order valence-electron chi connectivity index (χ1n) is 5.54. The van der Waals surface area contributed by atoms with Crippen molar-refractivity contribution < 1.29 is 14.3 Å². The summed E-state index contributed by atoms with van der Waals surface area (Å²) in [5.41, 5.74) is 5.12. The molecule has 0 aromatic rings. The molecule has 90 valence electrons. The first-order valence-corrected chi connectivity index (χ1v) is 5.54. The smallest absolute Gasteiger partial charge is 0.245 e. The lowest BCUT2D eigenvalue weighted by atomic mass is 9.98. The van der Waals surface area contributed by atoms with Gasteiger partial charge in [0.1, 0.15) is 5.54 Å². The molecule has 0 radical (unpaired) electrons. The molecule has 0 aliphatic carbocycles. The van der Waals surface area contributed by atoms with Crippen LogP contribution in [0.4, 0.5) is 0 Å². The Bertz CT molecular complexity index is 300. The van der Waals surface area contributed by atoms with Gasteiger partial charge in [0.2, 0.25) is 11.8 Å². The molecule has 6 heteroatoms. The highest BCUT2D eigenvalue weighted by atomic mass is 16.5. The summed E-state index contributed by atoms with van der Waals surface area (Å²) in [4.78, 5) is 25.0. The molecule has 0 saturated carbocycles. The third-order valence-electron chi connectivity index (χ3n) is 3.08. The Labute approximate surface area is 94.1 Å². The molecular weight excluding hydrogens is 210 g/mol. The molecule has 0 spiro atoms. The zero-order valence-electron chi connectivity index (χ0n) is 9.20. The summed E-state index contributed by atoms with van der Waals surface area (Å²) in [7, 11) is 0. The number of nitrogens with one attached hydrogen (secondary N) is 1. The van der Waals surface area contributed by atoms with Crippen molar-refractivity contribution in [3.8, 4) is 0 Å². The molecule has 0 aromatic heterocycles. The Morgan fingerprint density at radius 3 is 3.00 bits per heavy atom. The molecule has 16 heavy (non-hydrogen) atoms. The second-order valence-corrected chi connectivity index (χ2v) is 4.35. The van der Waals surface area contributed by atoms with Crippen molar-refractivity contribution in [3.05, 3.63) is 0 Å². The van der Waals surface area contributed by atoms with E-state index in [1.165, 1.54) is 0 Å². The number of ether oxygens (including phenoxy) is 1. The number of carbonyl (C=O) groups excluding carboxylic acids is 2. The van der Waals surface area contributed by atoms with Crippen LogP contribution in [0.2, 0.25) is 0 Å². The molecular formula is C10H17N3O3. The molecule has 0 bridgehead atoms. The Hall–Kier alpha value is -1.14. The number of carbonyl (C=O) groups is 2. The number of amides is 2. The van der Waals surface area contributed by atoms with Crippen LogP contribution in [0.25, 0.3) is 0 Å². The van der Waals surface area contributed by atoms with Gasteiger partial charge in [-0.1, -0.05) is 0 Å². The fourth-order valence-electron chi connectivity index (χ4n) is 2.03. The maximum Gasteiger partial charge on any atom is 0.245 e. The van der Waals surface area contributed by atoms with E-state index in [1.807, 2.05) is 0 Å². The minimum Gasteiger partial charge on any atom is -0.379 e. The van der Waals surface area contributed by atoms with Gasteiger partial charge in [-0.25, -0.2) is 0 Å². The monoisotopic (exact) mass is 227 g/mol.